The Hall–Kier alpha value is -3.79. The highest BCUT2D eigenvalue weighted by atomic mass is 32.2. The van der Waals surface area contributed by atoms with Gasteiger partial charge in [0, 0.05) is 12.6 Å². The predicted molar refractivity (Wildman–Crippen MR) is 116 cm³/mol. The number of thioether (sulfide) groups is 1. The van der Waals surface area contributed by atoms with Gasteiger partial charge in [-0.1, -0.05) is 30.0 Å². The Bertz CT molecular complexity index is 1280. The molecule has 0 unspecified atom stereocenters. The van der Waals surface area contributed by atoms with Gasteiger partial charge in [0.05, 0.1) is 17.1 Å². The monoisotopic (exact) mass is 437 g/mol. The van der Waals surface area contributed by atoms with Crippen LogP contribution in [0.5, 0.6) is 5.75 Å². The third-order valence-electron chi connectivity index (χ3n) is 4.67. The second-order valence-electron chi connectivity index (χ2n) is 6.69. The van der Waals surface area contributed by atoms with Crippen LogP contribution in [0.25, 0.3) is 17.1 Å². The maximum absolute atomic E-state index is 12.9. The number of anilines is 1. The molecular formula is C21H19N5O4S. The molecule has 10 heteroatoms. The number of nitrogens with zero attached hydrogens (tertiary/aromatic N) is 4. The van der Waals surface area contributed by atoms with Crippen LogP contribution in [0.4, 0.5) is 5.69 Å². The summed E-state index contributed by atoms with van der Waals surface area (Å²) in [5, 5.41) is 20.1. The summed E-state index contributed by atoms with van der Waals surface area (Å²) in [5.41, 5.74) is 1.92. The van der Waals surface area contributed by atoms with Crippen LogP contribution in [0.3, 0.4) is 0 Å². The molecule has 0 spiro atoms. The van der Waals surface area contributed by atoms with Crippen LogP contribution in [-0.2, 0) is 11.8 Å². The van der Waals surface area contributed by atoms with Crippen molar-refractivity contribution in [3.8, 4) is 22.9 Å². The van der Waals surface area contributed by atoms with E-state index in [1.807, 2.05) is 30.3 Å². The van der Waals surface area contributed by atoms with Crippen molar-refractivity contribution in [3.05, 3.63) is 70.6 Å². The molecule has 0 saturated heterocycles. The van der Waals surface area contributed by atoms with Gasteiger partial charge < -0.3 is 14.8 Å². The Kier molecular flexibility index (Phi) is 5.63. The summed E-state index contributed by atoms with van der Waals surface area (Å²) in [5.74, 6) is 0.0566. The first-order valence-corrected chi connectivity index (χ1v) is 10.3. The molecule has 0 bridgehead atoms. The van der Waals surface area contributed by atoms with Crippen LogP contribution in [0, 0.1) is 6.92 Å². The molecule has 0 aliphatic heterocycles. The standard InChI is InChI=1S/C21H19N5O4S/c1-13-18(20(29)26(25(13)2)15-6-4-3-5-7-15)22-17(28)12-31-21-24-23-19(30-21)14-8-10-16(27)11-9-14/h3-11,27H,12H2,1-2H3,(H,22,28). The number of carbonyl (C=O) groups excluding carboxylic acids is 1. The minimum absolute atomic E-state index is 0.00365. The Morgan fingerprint density at radius 1 is 1.13 bits per heavy atom. The number of para-hydroxylation sites is 1. The number of hydrogen-bond donors (Lipinski definition) is 2. The largest absolute Gasteiger partial charge is 0.508 e. The molecule has 2 aromatic heterocycles. The molecule has 0 aliphatic rings. The van der Waals surface area contributed by atoms with Gasteiger partial charge in [0.1, 0.15) is 11.4 Å². The minimum atomic E-state index is -0.361. The highest BCUT2D eigenvalue weighted by Gasteiger charge is 2.19. The van der Waals surface area contributed by atoms with Crippen molar-refractivity contribution in [2.75, 3.05) is 11.1 Å². The number of aromatic hydroxyl groups is 1. The molecule has 4 aromatic rings. The van der Waals surface area contributed by atoms with Crippen LogP contribution < -0.4 is 10.9 Å². The topological polar surface area (TPSA) is 115 Å². The number of phenolic OH excluding ortho intramolecular Hbond substituents is 1. The number of hydrogen-bond acceptors (Lipinski definition) is 7. The maximum atomic E-state index is 12.9. The fraction of sp³-hybridized carbons (Fsp3) is 0.143. The fourth-order valence-electron chi connectivity index (χ4n) is 3.00. The molecule has 9 nitrogen and oxygen atoms in total. The number of aromatic nitrogens is 4. The summed E-state index contributed by atoms with van der Waals surface area (Å²) in [6.45, 7) is 1.77. The van der Waals surface area contributed by atoms with E-state index in [1.165, 1.54) is 16.8 Å². The molecular weight excluding hydrogens is 418 g/mol. The first kappa shape index (κ1) is 20.5. The molecule has 158 valence electrons. The van der Waals surface area contributed by atoms with E-state index in [-0.39, 0.29) is 39.8 Å². The average Bonchev–Trinajstić information content (AvgIpc) is 3.33. The lowest BCUT2D eigenvalue weighted by Gasteiger charge is -2.07. The van der Waals surface area contributed by atoms with Gasteiger partial charge in [-0.2, -0.15) is 0 Å². The number of nitrogens with one attached hydrogen (secondary N) is 1. The van der Waals surface area contributed by atoms with Crippen molar-refractivity contribution in [2.45, 2.75) is 12.1 Å². The number of rotatable bonds is 6. The lowest BCUT2D eigenvalue weighted by atomic mass is 10.2. The van der Waals surface area contributed by atoms with Gasteiger partial charge in [-0.15, -0.1) is 10.2 Å². The molecule has 2 heterocycles. The van der Waals surface area contributed by atoms with Crippen molar-refractivity contribution in [1.82, 2.24) is 19.6 Å². The van der Waals surface area contributed by atoms with Crippen molar-refractivity contribution in [3.63, 3.8) is 0 Å². The normalized spacial score (nSPS) is 10.9. The van der Waals surface area contributed by atoms with Crippen LogP contribution in [0.2, 0.25) is 0 Å². The summed E-state index contributed by atoms with van der Waals surface area (Å²) >= 11 is 1.07. The second kappa shape index (κ2) is 8.52. The molecule has 4 rings (SSSR count). The smallest absolute Gasteiger partial charge is 0.295 e. The molecule has 0 atom stereocenters. The van der Waals surface area contributed by atoms with Gasteiger partial charge in [0.25, 0.3) is 10.8 Å². The summed E-state index contributed by atoms with van der Waals surface area (Å²) in [6, 6.07) is 15.5. The summed E-state index contributed by atoms with van der Waals surface area (Å²) in [4.78, 5) is 25.3. The summed E-state index contributed by atoms with van der Waals surface area (Å²) in [7, 11) is 1.76. The Labute approximate surface area is 181 Å². The van der Waals surface area contributed by atoms with E-state index >= 15 is 0 Å². The molecule has 0 aliphatic carbocycles. The van der Waals surface area contributed by atoms with Gasteiger partial charge in [-0.3, -0.25) is 14.3 Å². The Morgan fingerprint density at radius 3 is 2.55 bits per heavy atom. The lowest BCUT2D eigenvalue weighted by molar-refractivity contribution is -0.113. The molecule has 0 fully saturated rings. The zero-order chi connectivity index (χ0) is 22.0. The van der Waals surface area contributed by atoms with Gasteiger partial charge in [-0.25, -0.2) is 4.68 Å². The van der Waals surface area contributed by atoms with Crippen LogP contribution in [0.15, 0.2) is 69.0 Å². The highest BCUT2D eigenvalue weighted by Crippen LogP contribution is 2.24. The number of benzene rings is 2. The third kappa shape index (κ3) is 4.24. The quantitative estimate of drug-likeness (QED) is 0.446. The second-order valence-corrected chi connectivity index (χ2v) is 7.62. The highest BCUT2D eigenvalue weighted by molar-refractivity contribution is 7.99. The molecule has 2 N–H and O–H groups in total. The van der Waals surface area contributed by atoms with Crippen LogP contribution in [-0.4, -0.2) is 36.3 Å². The van der Waals surface area contributed by atoms with E-state index in [2.05, 4.69) is 15.5 Å². The van der Waals surface area contributed by atoms with Gasteiger partial charge >= 0.3 is 0 Å². The maximum Gasteiger partial charge on any atom is 0.295 e. The number of phenols is 1. The van der Waals surface area contributed by atoms with Crippen LogP contribution >= 0.6 is 11.8 Å². The zero-order valence-electron chi connectivity index (χ0n) is 16.8. The van der Waals surface area contributed by atoms with Crippen LogP contribution in [0.1, 0.15) is 5.69 Å². The average molecular weight is 437 g/mol. The van der Waals surface area contributed by atoms with E-state index in [0.717, 1.165) is 11.8 Å². The first-order valence-electron chi connectivity index (χ1n) is 9.33. The van der Waals surface area contributed by atoms with E-state index in [0.29, 0.717) is 16.9 Å². The van der Waals surface area contributed by atoms with E-state index < -0.39 is 0 Å². The first-order chi connectivity index (χ1) is 14.9. The summed E-state index contributed by atoms with van der Waals surface area (Å²) < 4.78 is 8.74. The van der Waals surface area contributed by atoms with E-state index in [1.54, 1.807) is 30.8 Å². The SMILES string of the molecule is Cc1c(NC(=O)CSc2nnc(-c3ccc(O)cc3)o2)c(=O)n(-c2ccccc2)n1C. The van der Waals surface area contributed by atoms with E-state index in [4.69, 9.17) is 4.42 Å². The van der Waals surface area contributed by atoms with Gasteiger partial charge in [-0.05, 0) is 43.3 Å². The summed E-state index contributed by atoms with van der Waals surface area (Å²) in [6.07, 6.45) is 0. The van der Waals surface area contributed by atoms with Gasteiger partial charge in [0.2, 0.25) is 11.8 Å². The van der Waals surface area contributed by atoms with Gasteiger partial charge in [0.15, 0.2) is 0 Å². The Morgan fingerprint density at radius 2 is 1.84 bits per heavy atom. The third-order valence-corrected chi connectivity index (χ3v) is 5.48. The van der Waals surface area contributed by atoms with Crippen molar-refractivity contribution in [1.29, 1.82) is 0 Å². The van der Waals surface area contributed by atoms with Crippen molar-refractivity contribution < 1.29 is 14.3 Å². The molecule has 0 saturated carbocycles. The number of amides is 1. The zero-order valence-corrected chi connectivity index (χ0v) is 17.6. The predicted octanol–water partition coefficient (Wildman–Crippen LogP) is 2.97. The molecule has 31 heavy (non-hydrogen) atoms. The molecule has 1 amide bonds. The Balaban J connectivity index is 1.44. The molecule has 0 radical (unpaired) electrons. The van der Waals surface area contributed by atoms with Crippen molar-refractivity contribution in [2.24, 2.45) is 7.05 Å². The molecule has 2 aromatic carbocycles. The minimum Gasteiger partial charge on any atom is -0.508 e. The number of carbonyl (C=O) groups is 1. The van der Waals surface area contributed by atoms with E-state index in [9.17, 15) is 14.7 Å². The fourth-order valence-corrected chi connectivity index (χ4v) is 3.57. The lowest BCUT2D eigenvalue weighted by Crippen LogP contribution is -2.23. The van der Waals surface area contributed by atoms with Crippen molar-refractivity contribution >= 4 is 23.4 Å².